The van der Waals surface area contributed by atoms with Gasteiger partial charge in [-0.05, 0) is 18.9 Å². The summed E-state index contributed by atoms with van der Waals surface area (Å²) in [6.45, 7) is 0. The van der Waals surface area contributed by atoms with Gasteiger partial charge in [0.1, 0.15) is 5.78 Å². The van der Waals surface area contributed by atoms with E-state index in [0.29, 0.717) is 12.8 Å². The number of fused-ring (bicyclic) bond motifs is 1. The molecule has 1 unspecified atom stereocenters. The van der Waals surface area contributed by atoms with E-state index in [1.807, 2.05) is 0 Å². The first kappa shape index (κ1) is 6.77. The van der Waals surface area contributed by atoms with Gasteiger partial charge in [-0.3, -0.25) is 9.59 Å². The minimum absolute atomic E-state index is 0.0174. The first-order valence-electron chi connectivity index (χ1n) is 4.03. The number of hydrogen-bond donors (Lipinski definition) is 0. The molecular weight excluding hydrogens is 140 g/mol. The van der Waals surface area contributed by atoms with Crippen molar-refractivity contribution in [2.75, 3.05) is 0 Å². The number of Topliss-reactive ketones (excluding diaryl/α,β-unsaturated/α-hetero) is 1. The van der Waals surface area contributed by atoms with Crippen LogP contribution >= 0.6 is 0 Å². The van der Waals surface area contributed by atoms with Gasteiger partial charge in [0.2, 0.25) is 0 Å². The third-order valence-corrected chi connectivity index (χ3v) is 2.48. The summed E-state index contributed by atoms with van der Waals surface area (Å²) in [5.41, 5.74) is 1.09. The summed E-state index contributed by atoms with van der Waals surface area (Å²) in [4.78, 5) is 22.2. The monoisotopic (exact) mass is 150 g/mol. The normalized spacial score (nSPS) is 30.2. The molecule has 1 saturated carbocycles. The third-order valence-electron chi connectivity index (χ3n) is 2.48. The number of allylic oxidation sites excluding steroid dienone is 2. The molecule has 11 heavy (non-hydrogen) atoms. The third kappa shape index (κ3) is 1.02. The molecule has 0 radical (unpaired) electrons. The van der Waals surface area contributed by atoms with Crippen LogP contribution in [0.2, 0.25) is 0 Å². The van der Waals surface area contributed by atoms with Crippen molar-refractivity contribution in [3.05, 3.63) is 11.6 Å². The Morgan fingerprint density at radius 1 is 1.27 bits per heavy atom. The van der Waals surface area contributed by atoms with E-state index >= 15 is 0 Å². The Morgan fingerprint density at radius 2 is 2.09 bits per heavy atom. The van der Waals surface area contributed by atoms with Crippen LogP contribution < -0.4 is 0 Å². The molecule has 2 nitrogen and oxygen atoms in total. The van der Waals surface area contributed by atoms with Crippen LogP contribution in [0.25, 0.3) is 0 Å². The molecule has 2 aliphatic carbocycles. The molecule has 0 aromatic heterocycles. The Labute approximate surface area is 65.3 Å². The van der Waals surface area contributed by atoms with Gasteiger partial charge in [0.25, 0.3) is 0 Å². The van der Waals surface area contributed by atoms with Crippen LogP contribution in [0.5, 0.6) is 0 Å². The second-order valence-corrected chi connectivity index (χ2v) is 3.26. The fourth-order valence-corrected chi connectivity index (χ4v) is 1.91. The molecule has 0 aromatic rings. The van der Waals surface area contributed by atoms with Crippen LogP contribution in [-0.2, 0) is 9.59 Å². The zero-order chi connectivity index (χ0) is 7.84. The zero-order valence-electron chi connectivity index (χ0n) is 6.30. The van der Waals surface area contributed by atoms with Crippen molar-refractivity contribution in [3.63, 3.8) is 0 Å². The second kappa shape index (κ2) is 2.29. The standard InChI is InChI=1S/C9H10O2/c10-7-4-6-2-1-3-9(11)8(6)5-7/h4,8H,1-3,5H2. The van der Waals surface area contributed by atoms with Gasteiger partial charge in [-0.15, -0.1) is 0 Å². The van der Waals surface area contributed by atoms with Crippen molar-refractivity contribution in [3.8, 4) is 0 Å². The lowest BCUT2D eigenvalue weighted by molar-refractivity contribution is -0.125. The van der Waals surface area contributed by atoms with E-state index in [1.165, 1.54) is 0 Å². The number of carbonyl (C=O) groups excluding carboxylic acids is 2. The minimum Gasteiger partial charge on any atom is -0.299 e. The smallest absolute Gasteiger partial charge is 0.156 e. The van der Waals surface area contributed by atoms with E-state index in [0.717, 1.165) is 18.4 Å². The predicted molar refractivity (Wildman–Crippen MR) is 40.1 cm³/mol. The van der Waals surface area contributed by atoms with E-state index in [9.17, 15) is 9.59 Å². The molecule has 0 N–H and O–H groups in total. The number of carbonyl (C=O) groups is 2. The van der Waals surface area contributed by atoms with Crippen molar-refractivity contribution in [2.24, 2.45) is 5.92 Å². The molecular formula is C9H10O2. The zero-order valence-corrected chi connectivity index (χ0v) is 6.30. The Kier molecular flexibility index (Phi) is 1.41. The highest BCUT2D eigenvalue weighted by Crippen LogP contribution is 2.33. The fourth-order valence-electron chi connectivity index (χ4n) is 1.91. The summed E-state index contributed by atoms with van der Waals surface area (Å²) in [6.07, 6.45) is 4.70. The Morgan fingerprint density at radius 3 is 2.82 bits per heavy atom. The molecule has 2 aliphatic rings. The fraction of sp³-hybridized carbons (Fsp3) is 0.556. The van der Waals surface area contributed by atoms with Crippen molar-refractivity contribution in [1.29, 1.82) is 0 Å². The van der Waals surface area contributed by atoms with Crippen molar-refractivity contribution in [2.45, 2.75) is 25.7 Å². The summed E-state index contributed by atoms with van der Waals surface area (Å²) >= 11 is 0. The number of hydrogen-bond acceptors (Lipinski definition) is 2. The van der Waals surface area contributed by atoms with Crippen molar-refractivity contribution in [1.82, 2.24) is 0 Å². The average molecular weight is 150 g/mol. The molecule has 0 bridgehead atoms. The van der Waals surface area contributed by atoms with Crippen LogP contribution in [0.1, 0.15) is 25.7 Å². The van der Waals surface area contributed by atoms with Crippen LogP contribution in [0.4, 0.5) is 0 Å². The van der Waals surface area contributed by atoms with Gasteiger partial charge in [0.15, 0.2) is 5.78 Å². The van der Waals surface area contributed by atoms with E-state index < -0.39 is 0 Å². The van der Waals surface area contributed by atoms with E-state index in [1.54, 1.807) is 6.08 Å². The molecule has 0 aromatic carbocycles. The largest absolute Gasteiger partial charge is 0.299 e. The maximum Gasteiger partial charge on any atom is 0.156 e. The summed E-state index contributed by atoms with van der Waals surface area (Å²) < 4.78 is 0. The van der Waals surface area contributed by atoms with Gasteiger partial charge in [0.05, 0.1) is 0 Å². The van der Waals surface area contributed by atoms with E-state index in [2.05, 4.69) is 0 Å². The van der Waals surface area contributed by atoms with Gasteiger partial charge < -0.3 is 0 Å². The molecule has 0 spiro atoms. The van der Waals surface area contributed by atoms with Gasteiger partial charge >= 0.3 is 0 Å². The molecule has 1 atom stereocenters. The molecule has 0 heterocycles. The van der Waals surface area contributed by atoms with Crippen LogP contribution in [0.15, 0.2) is 11.6 Å². The summed E-state index contributed by atoms with van der Waals surface area (Å²) in [5.74, 6) is 0.393. The molecule has 0 aliphatic heterocycles. The highest BCUT2D eigenvalue weighted by Gasteiger charge is 2.32. The number of ketones is 2. The summed E-state index contributed by atoms with van der Waals surface area (Å²) in [6, 6.07) is 0. The van der Waals surface area contributed by atoms with Crippen LogP contribution in [-0.4, -0.2) is 11.6 Å². The molecule has 1 fully saturated rings. The SMILES string of the molecule is O=C1C=C2CCCC(=O)C2C1. The molecule has 0 amide bonds. The molecule has 2 heteroatoms. The van der Waals surface area contributed by atoms with Gasteiger partial charge in [-0.1, -0.05) is 5.57 Å². The van der Waals surface area contributed by atoms with Crippen LogP contribution in [0, 0.1) is 5.92 Å². The summed E-state index contributed by atoms with van der Waals surface area (Å²) in [7, 11) is 0. The molecule has 2 rings (SSSR count). The Bertz CT molecular complexity index is 250. The summed E-state index contributed by atoms with van der Waals surface area (Å²) in [5, 5.41) is 0. The lowest BCUT2D eigenvalue weighted by Gasteiger charge is -2.17. The van der Waals surface area contributed by atoms with Gasteiger partial charge in [0, 0.05) is 18.8 Å². The first-order chi connectivity index (χ1) is 5.27. The van der Waals surface area contributed by atoms with Crippen molar-refractivity contribution >= 4 is 11.6 Å². The topological polar surface area (TPSA) is 34.1 Å². The maximum atomic E-state index is 11.2. The number of rotatable bonds is 0. The van der Waals surface area contributed by atoms with Gasteiger partial charge in [-0.2, -0.15) is 0 Å². The Hall–Kier alpha value is -0.920. The molecule has 58 valence electrons. The van der Waals surface area contributed by atoms with E-state index in [4.69, 9.17) is 0 Å². The highest BCUT2D eigenvalue weighted by atomic mass is 16.1. The van der Waals surface area contributed by atoms with Crippen LogP contribution in [0.3, 0.4) is 0 Å². The van der Waals surface area contributed by atoms with Gasteiger partial charge in [-0.25, -0.2) is 0 Å². The second-order valence-electron chi connectivity index (χ2n) is 3.26. The van der Waals surface area contributed by atoms with Crippen molar-refractivity contribution < 1.29 is 9.59 Å². The average Bonchev–Trinajstić information content (AvgIpc) is 2.31. The first-order valence-corrected chi connectivity index (χ1v) is 4.03. The molecule has 0 saturated heterocycles. The van der Waals surface area contributed by atoms with E-state index in [-0.39, 0.29) is 17.5 Å². The quantitative estimate of drug-likeness (QED) is 0.521. The highest BCUT2D eigenvalue weighted by molar-refractivity contribution is 6.01. The maximum absolute atomic E-state index is 11.2. The lowest BCUT2D eigenvalue weighted by Crippen LogP contribution is -2.19. The predicted octanol–water partition coefficient (Wildman–Crippen LogP) is 1.25. The lowest BCUT2D eigenvalue weighted by atomic mass is 9.85. The minimum atomic E-state index is -0.0174. The Balaban J connectivity index is 2.27.